The Hall–Kier alpha value is -2.54. The van der Waals surface area contributed by atoms with Gasteiger partial charge in [-0.1, -0.05) is 30.0 Å². The van der Waals surface area contributed by atoms with Crippen LogP contribution in [0, 0.1) is 6.92 Å². The van der Waals surface area contributed by atoms with E-state index in [9.17, 15) is 4.79 Å². The second-order valence-electron chi connectivity index (χ2n) is 5.22. The van der Waals surface area contributed by atoms with Crippen LogP contribution < -0.4 is 15.9 Å². The third-order valence-corrected chi connectivity index (χ3v) is 4.29. The number of thioether (sulfide) groups is 1. The number of carbonyl (C=O) groups is 1. The Morgan fingerprint density at radius 3 is 2.83 bits per heavy atom. The summed E-state index contributed by atoms with van der Waals surface area (Å²) < 4.78 is 5.73. The fourth-order valence-corrected chi connectivity index (χ4v) is 3.06. The quantitative estimate of drug-likeness (QED) is 0.852. The summed E-state index contributed by atoms with van der Waals surface area (Å²) in [6, 6.07) is 11.3. The summed E-state index contributed by atoms with van der Waals surface area (Å²) in [6.45, 7) is 1.88. The van der Waals surface area contributed by atoms with E-state index in [1.165, 1.54) is 11.8 Å². The molecule has 0 saturated heterocycles. The molecule has 1 atom stereocenters. The lowest BCUT2D eigenvalue weighted by Gasteiger charge is -2.32. The van der Waals surface area contributed by atoms with Gasteiger partial charge in [0, 0.05) is 5.22 Å². The van der Waals surface area contributed by atoms with E-state index in [4.69, 9.17) is 9.41 Å². The van der Waals surface area contributed by atoms with Crippen molar-refractivity contribution < 1.29 is 9.21 Å². The number of para-hydroxylation sites is 1. The van der Waals surface area contributed by atoms with Crippen molar-refractivity contribution in [2.24, 2.45) is 10.1 Å². The molecule has 0 saturated carbocycles. The molecule has 116 valence electrons. The maximum absolute atomic E-state index is 12.6. The molecule has 3 heterocycles. The van der Waals surface area contributed by atoms with Crippen molar-refractivity contribution in [1.82, 2.24) is 10.3 Å². The summed E-state index contributed by atoms with van der Waals surface area (Å²) in [7, 11) is 0. The summed E-state index contributed by atoms with van der Waals surface area (Å²) in [5.74, 6) is 1.28. The number of amidine groups is 1. The molecule has 2 aliphatic heterocycles. The first kappa shape index (κ1) is 14.1. The van der Waals surface area contributed by atoms with E-state index in [-0.39, 0.29) is 5.91 Å². The van der Waals surface area contributed by atoms with Crippen LogP contribution in [0.25, 0.3) is 5.70 Å². The Bertz CT molecular complexity index is 947. The Morgan fingerprint density at radius 1 is 1.26 bits per heavy atom. The summed E-state index contributed by atoms with van der Waals surface area (Å²) in [4.78, 5) is 17.3. The Kier molecular flexibility index (Phi) is 3.23. The van der Waals surface area contributed by atoms with Crippen LogP contribution in [0.3, 0.4) is 0 Å². The zero-order chi connectivity index (χ0) is 16.0. The van der Waals surface area contributed by atoms with Gasteiger partial charge < -0.3 is 4.42 Å². The van der Waals surface area contributed by atoms with E-state index < -0.39 is 6.17 Å². The molecule has 2 aliphatic rings. The van der Waals surface area contributed by atoms with E-state index in [2.05, 4.69) is 10.4 Å². The second-order valence-corrected chi connectivity index (χ2v) is 6.02. The molecular weight excluding hydrogens is 312 g/mol. The van der Waals surface area contributed by atoms with Gasteiger partial charge in [-0.3, -0.25) is 10.1 Å². The lowest BCUT2D eigenvalue weighted by atomic mass is 10.1. The van der Waals surface area contributed by atoms with Crippen molar-refractivity contribution in [3.63, 3.8) is 0 Å². The average molecular weight is 326 g/mol. The molecule has 0 fully saturated rings. The molecule has 2 aromatic rings. The summed E-state index contributed by atoms with van der Waals surface area (Å²) in [5, 5.41) is 11.1. The number of furan rings is 1. The average Bonchev–Trinajstić information content (AvgIpc) is 2.99. The van der Waals surface area contributed by atoms with Crippen LogP contribution in [-0.2, 0) is 4.79 Å². The first-order valence-corrected chi connectivity index (χ1v) is 8.36. The number of hydrazone groups is 1. The Morgan fingerprint density at radius 2 is 2.09 bits per heavy atom. The van der Waals surface area contributed by atoms with Gasteiger partial charge in [-0.2, -0.15) is 0 Å². The Labute approximate surface area is 136 Å². The number of rotatable bonds is 1. The largest absolute Gasteiger partial charge is 0.462 e. The van der Waals surface area contributed by atoms with Crippen LogP contribution in [0.15, 0.2) is 50.9 Å². The van der Waals surface area contributed by atoms with Gasteiger partial charge >= 0.3 is 0 Å². The predicted octanol–water partition coefficient (Wildman–Crippen LogP) is 1.09. The normalized spacial score (nSPS) is 19.5. The number of nitrogens with zero attached hydrogens (tertiary/aromatic N) is 3. The van der Waals surface area contributed by atoms with Gasteiger partial charge in [0.05, 0.1) is 5.36 Å². The molecule has 1 aromatic heterocycles. The zero-order valence-electron chi connectivity index (χ0n) is 12.6. The molecule has 0 bridgehead atoms. The van der Waals surface area contributed by atoms with Gasteiger partial charge in [-0.25, -0.2) is 10.0 Å². The molecule has 0 spiro atoms. The molecule has 0 radical (unpaired) electrons. The second kappa shape index (κ2) is 5.27. The highest BCUT2D eigenvalue weighted by atomic mass is 32.2. The number of hydrogen-bond donors (Lipinski definition) is 1. The van der Waals surface area contributed by atoms with Crippen molar-refractivity contribution in [2.75, 3.05) is 6.26 Å². The fourth-order valence-electron chi connectivity index (χ4n) is 2.70. The highest BCUT2D eigenvalue weighted by Crippen LogP contribution is 2.31. The van der Waals surface area contributed by atoms with E-state index in [1.54, 1.807) is 5.01 Å². The zero-order valence-corrected chi connectivity index (χ0v) is 13.4. The van der Waals surface area contributed by atoms with Crippen LogP contribution in [0.4, 0.5) is 0 Å². The molecule has 0 unspecified atom stereocenters. The van der Waals surface area contributed by atoms with E-state index in [1.807, 2.05) is 49.6 Å². The minimum atomic E-state index is -0.484. The molecular formula is C16H14N4O2S. The van der Waals surface area contributed by atoms with Crippen LogP contribution in [0.5, 0.6) is 0 Å². The monoisotopic (exact) mass is 326 g/mol. The van der Waals surface area contributed by atoms with Gasteiger partial charge in [-0.15, -0.1) is 5.10 Å². The molecule has 6 nitrogen and oxygen atoms in total. The standard InChI is InChI=1S/C16H14N4O2S/c1-9-7-8-12(22-9)14-17-11-6-4-3-5-10(11)13-15(21)18-16(23-2)19-20(13)14/h3-8,14H,1-2H3,(H,18,19,21)/t14-/m0/s1. The predicted molar refractivity (Wildman–Crippen MR) is 87.7 cm³/mol. The number of benzene rings is 1. The van der Waals surface area contributed by atoms with E-state index in [0.717, 1.165) is 16.3 Å². The van der Waals surface area contributed by atoms with Crippen molar-refractivity contribution in [3.05, 3.63) is 58.5 Å². The number of fused-ring (bicyclic) bond motifs is 2. The maximum Gasteiger partial charge on any atom is 0.276 e. The third kappa shape index (κ3) is 2.24. The summed E-state index contributed by atoms with van der Waals surface area (Å²) in [6.07, 6.45) is 1.38. The molecule has 1 aromatic carbocycles. The number of nitrogens with one attached hydrogen (secondary N) is 1. The van der Waals surface area contributed by atoms with E-state index in [0.29, 0.717) is 16.6 Å². The first-order valence-electron chi connectivity index (χ1n) is 7.14. The van der Waals surface area contributed by atoms with Crippen LogP contribution >= 0.6 is 11.8 Å². The summed E-state index contributed by atoms with van der Waals surface area (Å²) >= 11 is 1.38. The van der Waals surface area contributed by atoms with Crippen molar-refractivity contribution >= 4 is 28.5 Å². The van der Waals surface area contributed by atoms with Gasteiger partial charge in [0.25, 0.3) is 5.91 Å². The minimum absolute atomic E-state index is 0.181. The lowest BCUT2D eigenvalue weighted by Crippen LogP contribution is -2.50. The minimum Gasteiger partial charge on any atom is -0.462 e. The SMILES string of the molecule is CSC1=NN2C(=c3ccccc3=N[C@@H]2c2ccc(C)o2)C(=O)N1. The molecule has 7 heteroatoms. The highest BCUT2D eigenvalue weighted by Gasteiger charge is 2.35. The van der Waals surface area contributed by atoms with Crippen molar-refractivity contribution in [2.45, 2.75) is 13.1 Å². The number of aryl methyl sites for hydroxylation is 1. The topological polar surface area (TPSA) is 70.2 Å². The van der Waals surface area contributed by atoms with Crippen LogP contribution in [0.2, 0.25) is 0 Å². The number of carbonyl (C=O) groups excluding carboxylic acids is 1. The van der Waals surface area contributed by atoms with Gasteiger partial charge in [0.2, 0.25) is 6.17 Å². The van der Waals surface area contributed by atoms with Gasteiger partial charge in [0.1, 0.15) is 11.5 Å². The number of amides is 1. The van der Waals surface area contributed by atoms with E-state index >= 15 is 0 Å². The molecule has 1 amide bonds. The molecule has 0 aliphatic carbocycles. The third-order valence-electron chi connectivity index (χ3n) is 3.72. The molecule has 4 rings (SSSR count). The van der Waals surface area contributed by atoms with Crippen molar-refractivity contribution in [3.8, 4) is 0 Å². The fraction of sp³-hybridized carbons (Fsp3) is 0.188. The molecule has 1 N–H and O–H groups in total. The molecule has 23 heavy (non-hydrogen) atoms. The first-order chi connectivity index (χ1) is 11.2. The summed E-state index contributed by atoms with van der Waals surface area (Å²) in [5.41, 5.74) is 0.493. The highest BCUT2D eigenvalue weighted by molar-refractivity contribution is 8.13. The lowest BCUT2D eigenvalue weighted by molar-refractivity contribution is -0.116. The Balaban J connectivity index is 1.99. The number of hydrogen-bond acceptors (Lipinski definition) is 6. The van der Waals surface area contributed by atoms with Crippen LogP contribution in [-0.4, -0.2) is 22.3 Å². The van der Waals surface area contributed by atoms with Gasteiger partial charge in [0.15, 0.2) is 10.9 Å². The van der Waals surface area contributed by atoms with Crippen LogP contribution in [0.1, 0.15) is 17.7 Å². The van der Waals surface area contributed by atoms with Gasteiger partial charge in [-0.05, 0) is 31.4 Å². The maximum atomic E-state index is 12.6. The van der Waals surface area contributed by atoms with Crippen molar-refractivity contribution in [1.29, 1.82) is 0 Å². The smallest absolute Gasteiger partial charge is 0.276 e.